The van der Waals surface area contributed by atoms with E-state index in [1.807, 2.05) is 0 Å². The lowest BCUT2D eigenvalue weighted by atomic mass is 10.1. The van der Waals surface area contributed by atoms with Crippen LogP contribution < -0.4 is 5.73 Å². The Labute approximate surface area is 137 Å². The molecule has 0 aromatic carbocycles. The SMILES string of the molecule is C=C(OCC)c1nc2c(N)ncnc2n1[C@@H]1OC(CO)[C@@H](O)C1O. The minimum Gasteiger partial charge on any atom is -0.491 e. The molecule has 1 aliphatic heterocycles. The summed E-state index contributed by atoms with van der Waals surface area (Å²) in [5.41, 5.74) is 6.43. The predicted molar refractivity (Wildman–Crippen MR) is 83.4 cm³/mol. The van der Waals surface area contributed by atoms with Crippen LogP contribution in [0.3, 0.4) is 0 Å². The van der Waals surface area contributed by atoms with E-state index in [1.165, 1.54) is 10.9 Å². The molecule has 2 unspecified atom stereocenters. The number of nitrogen functional groups attached to an aromatic ring is 1. The Balaban J connectivity index is 2.16. The molecule has 4 atom stereocenters. The lowest BCUT2D eigenvalue weighted by Crippen LogP contribution is -2.33. The zero-order valence-electron chi connectivity index (χ0n) is 13.0. The van der Waals surface area contributed by atoms with E-state index >= 15 is 0 Å². The minimum absolute atomic E-state index is 0.149. The normalized spacial score (nSPS) is 26.8. The molecule has 0 saturated carbocycles. The third-order valence-corrected chi connectivity index (χ3v) is 3.84. The molecule has 1 aliphatic rings. The zero-order chi connectivity index (χ0) is 17.4. The highest BCUT2D eigenvalue weighted by Crippen LogP contribution is 2.35. The minimum atomic E-state index is -1.30. The number of hydrogen-bond acceptors (Lipinski definition) is 9. The number of aliphatic hydroxyl groups excluding tert-OH is 3. The molecule has 5 N–H and O–H groups in total. The fraction of sp³-hybridized carbons (Fsp3) is 0.500. The number of ether oxygens (including phenoxy) is 2. The molecule has 0 spiro atoms. The van der Waals surface area contributed by atoms with Gasteiger partial charge in [-0.05, 0) is 6.92 Å². The molecule has 0 amide bonds. The first-order chi connectivity index (χ1) is 11.5. The highest BCUT2D eigenvalue weighted by Gasteiger charge is 2.45. The zero-order valence-corrected chi connectivity index (χ0v) is 13.0. The van der Waals surface area contributed by atoms with Crippen molar-refractivity contribution in [2.24, 2.45) is 0 Å². The Hall–Kier alpha value is -2.27. The fourth-order valence-corrected chi connectivity index (χ4v) is 2.70. The summed E-state index contributed by atoms with van der Waals surface area (Å²) in [7, 11) is 0. The molecule has 10 heteroatoms. The van der Waals surface area contributed by atoms with Crippen molar-refractivity contribution in [3.8, 4) is 0 Å². The average molecular weight is 337 g/mol. The number of rotatable bonds is 5. The van der Waals surface area contributed by atoms with Gasteiger partial charge in [0.25, 0.3) is 0 Å². The van der Waals surface area contributed by atoms with E-state index in [2.05, 4.69) is 21.5 Å². The van der Waals surface area contributed by atoms with Gasteiger partial charge in [-0.15, -0.1) is 0 Å². The second-order valence-electron chi connectivity index (χ2n) is 5.32. The van der Waals surface area contributed by atoms with Crippen molar-refractivity contribution in [2.75, 3.05) is 18.9 Å². The quantitative estimate of drug-likeness (QED) is 0.505. The molecule has 1 saturated heterocycles. The lowest BCUT2D eigenvalue weighted by molar-refractivity contribution is -0.0517. The van der Waals surface area contributed by atoms with Crippen LogP contribution in [0.15, 0.2) is 12.9 Å². The van der Waals surface area contributed by atoms with Crippen molar-refractivity contribution in [3.63, 3.8) is 0 Å². The van der Waals surface area contributed by atoms with Crippen molar-refractivity contribution in [2.45, 2.75) is 31.5 Å². The van der Waals surface area contributed by atoms with Gasteiger partial charge in [0.15, 0.2) is 34.8 Å². The molecule has 3 heterocycles. The van der Waals surface area contributed by atoms with Crippen molar-refractivity contribution >= 4 is 22.7 Å². The molecule has 0 aliphatic carbocycles. The first kappa shape index (κ1) is 16.6. The molecule has 24 heavy (non-hydrogen) atoms. The number of aromatic nitrogens is 4. The van der Waals surface area contributed by atoms with Gasteiger partial charge in [-0.25, -0.2) is 15.0 Å². The van der Waals surface area contributed by atoms with Gasteiger partial charge in [0, 0.05) is 0 Å². The van der Waals surface area contributed by atoms with Gasteiger partial charge < -0.3 is 30.5 Å². The summed E-state index contributed by atoms with van der Waals surface area (Å²) in [5.74, 6) is 0.623. The van der Waals surface area contributed by atoms with E-state index in [0.717, 1.165) is 0 Å². The number of hydrogen-bond donors (Lipinski definition) is 4. The van der Waals surface area contributed by atoms with E-state index in [1.54, 1.807) is 6.92 Å². The Morgan fingerprint density at radius 1 is 1.42 bits per heavy atom. The second-order valence-corrected chi connectivity index (χ2v) is 5.32. The van der Waals surface area contributed by atoms with Crippen molar-refractivity contribution in [3.05, 3.63) is 18.7 Å². The van der Waals surface area contributed by atoms with Crippen LogP contribution >= 0.6 is 0 Å². The number of nitrogens with zero attached hydrogens (tertiary/aromatic N) is 4. The van der Waals surface area contributed by atoms with Crippen molar-refractivity contribution in [1.82, 2.24) is 19.5 Å². The van der Waals surface area contributed by atoms with E-state index in [4.69, 9.17) is 15.2 Å². The van der Waals surface area contributed by atoms with Gasteiger partial charge in [-0.1, -0.05) is 6.58 Å². The maximum Gasteiger partial charge on any atom is 0.179 e. The van der Waals surface area contributed by atoms with Gasteiger partial charge >= 0.3 is 0 Å². The number of fused-ring (bicyclic) bond motifs is 1. The Morgan fingerprint density at radius 3 is 2.79 bits per heavy atom. The topological polar surface area (TPSA) is 149 Å². The Bertz CT molecular complexity index is 763. The molecule has 2 aromatic rings. The molecular formula is C14H19N5O5. The first-order valence-corrected chi connectivity index (χ1v) is 7.42. The molecule has 1 fully saturated rings. The number of nitrogens with two attached hydrogens (primary N) is 1. The van der Waals surface area contributed by atoms with Gasteiger partial charge in [0.2, 0.25) is 0 Å². The van der Waals surface area contributed by atoms with Crippen LogP contribution in [0.2, 0.25) is 0 Å². The summed E-state index contributed by atoms with van der Waals surface area (Å²) in [6.45, 7) is 5.52. The van der Waals surface area contributed by atoms with Crippen LogP contribution in [0.1, 0.15) is 19.0 Å². The van der Waals surface area contributed by atoms with Crippen LogP contribution in [0.4, 0.5) is 5.82 Å². The highest BCUT2D eigenvalue weighted by molar-refractivity contribution is 5.83. The summed E-state index contributed by atoms with van der Waals surface area (Å²) >= 11 is 0. The third kappa shape index (κ3) is 2.49. The maximum atomic E-state index is 10.3. The van der Waals surface area contributed by atoms with E-state index in [0.29, 0.717) is 17.8 Å². The van der Waals surface area contributed by atoms with Gasteiger partial charge in [0.1, 0.15) is 24.6 Å². The summed E-state index contributed by atoms with van der Waals surface area (Å²) in [6.07, 6.45) is -3.28. The Kier molecular flexibility index (Phi) is 4.37. The van der Waals surface area contributed by atoms with Gasteiger partial charge in [-0.3, -0.25) is 4.57 Å². The van der Waals surface area contributed by atoms with Gasteiger partial charge in [0.05, 0.1) is 13.2 Å². The van der Waals surface area contributed by atoms with Crippen LogP contribution in [-0.4, -0.2) is 66.4 Å². The van der Waals surface area contributed by atoms with Crippen LogP contribution in [0.5, 0.6) is 0 Å². The van der Waals surface area contributed by atoms with E-state index in [-0.39, 0.29) is 17.4 Å². The predicted octanol–water partition coefficient (Wildman–Crippen LogP) is -0.973. The third-order valence-electron chi connectivity index (χ3n) is 3.84. The Morgan fingerprint density at radius 2 is 2.17 bits per heavy atom. The maximum absolute atomic E-state index is 10.3. The number of imidazole rings is 1. The van der Waals surface area contributed by atoms with Crippen LogP contribution in [-0.2, 0) is 9.47 Å². The van der Waals surface area contributed by atoms with Crippen LogP contribution in [0, 0.1) is 0 Å². The fourth-order valence-electron chi connectivity index (χ4n) is 2.70. The lowest BCUT2D eigenvalue weighted by Gasteiger charge is -2.19. The molecule has 130 valence electrons. The number of aliphatic hydroxyl groups is 3. The monoisotopic (exact) mass is 337 g/mol. The highest BCUT2D eigenvalue weighted by atomic mass is 16.6. The van der Waals surface area contributed by atoms with E-state index in [9.17, 15) is 15.3 Å². The summed E-state index contributed by atoms with van der Waals surface area (Å²) in [6, 6.07) is 0. The molecule has 2 aromatic heterocycles. The van der Waals surface area contributed by atoms with Crippen molar-refractivity contribution < 1.29 is 24.8 Å². The summed E-state index contributed by atoms with van der Waals surface area (Å²) in [5, 5.41) is 29.6. The molecule has 10 nitrogen and oxygen atoms in total. The molecule has 3 rings (SSSR count). The smallest absolute Gasteiger partial charge is 0.179 e. The first-order valence-electron chi connectivity index (χ1n) is 7.42. The second kappa shape index (κ2) is 6.32. The summed E-state index contributed by atoms with van der Waals surface area (Å²) in [4.78, 5) is 12.4. The van der Waals surface area contributed by atoms with Crippen LogP contribution in [0.25, 0.3) is 16.9 Å². The molecule has 0 radical (unpaired) electrons. The number of anilines is 1. The van der Waals surface area contributed by atoms with Gasteiger partial charge in [-0.2, -0.15) is 0 Å². The standard InChI is InChI=1S/C14H19N5O5/c1-3-23-6(2)12-18-8-11(15)16-5-17-13(8)19(12)14-10(22)9(21)7(4-20)24-14/h5,7,9-10,14,20-22H,2-4H2,1H3,(H2,15,16,17)/t7?,9-,10?,14-/m1/s1. The van der Waals surface area contributed by atoms with Crippen molar-refractivity contribution in [1.29, 1.82) is 0 Å². The average Bonchev–Trinajstić information content (AvgIpc) is 3.08. The van der Waals surface area contributed by atoms with E-state index < -0.39 is 31.1 Å². The largest absolute Gasteiger partial charge is 0.491 e. The molecular weight excluding hydrogens is 318 g/mol. The summed E-state index contributed by atoms with van der Waals surface area (Å²) < 4.78 is 12.4. The molecule has 0 bridgehead atoms.